The maximum Gasteiger partial charge on any atom is 0.130 e. The molecule has 0 unspecified atom stereocenters. The molecule has 1 aliphatic heterocycles. The normalized spacial score (nSPS) is 16.2. The predicted octanol–water partition coefficient (Wildman–Crippen LogP) is 5.21. The van der Waals surface area contributed by atoms with Gasteiger partial charge in [0.05, 0.1) is 16.1 Å². The van der Waals surface area contributed by atoms with E-state index in [9.17, 15) is 0 Å². The van der Waals surface area contributed by atoms with Crippen molar-refractivity contribution in [3.05, 3.63) is 47.5 Å². The van der Waals surface area contributed by atoms with Crippen LogP contribution in [0.1, 0.15) is 25.0 Å². The summed E-state index contributed by atoms with van der Waals surface area (Å²) in [7, 11) is -2.95. The van der Waals surface area contributed by atoms with E-state index in [0.29, 0.717) is 0 Å². The quantitative estimate of drug-likeness (QED) is 0.673. The zero-order valence-electron chi connectivity index (χ0n) is 16.4. The molecule has 0 aliphatic carbocycles. The van der Waals surface area contributed by atoms with Gasteiger partial charge in [0, 0.05) is 16.5 Å². The molecule has 2 aromatic carbocycles. The second-order valence-electron chi connectivity index (χ2n) is 9.59. The smallest absolute Gasteiger partial charge is 0.130 e. The highest BCUT2D eigenvalue weighted by atomic mass is 28.3. The van der Waals surface area contributed by atoms with E-state index in [0.717, 1.165) is 11.5 Å². The minimum absolute atomic E-state index is 0.0196. The van der Waals surface area contributed by atoms with Gasteiger partial charge >= 0.3 is 0 Å². The Morgan fingerprint density at radius 1 is 0.667 bits per heavy atom. The number of rotatable bonds is 2. The Balaban J connectivity index is 2.32. The molecule has 0 aromatic heterocycles. The third kappa shape index (κ3) is 2.68. The van der Waals surface area contributed by atoms with Crippen molar-refractivity contribution >= 4 is 26.5 Å². The molecule has 1 nitrogen and oxygen atoms in total. The van der Waals surface area contributed by atoms with E-state index in [4.69, 9.17) is 4.74 Å². The molecular weight excluding hydrogens is 324 g/mol. The topological polar surface area (TPSA) is 9.23 Å². The second-order valence-corrected chi connectivity index (χ2v) is 19.7. The SMILES string of the molecule is CC1(C)c2cccc([Si](C)(C)C)c2Oc2c1cccc2[Si](C)(C)C. The van der Waals surface area contributed by atoms with Gasteiger partial charge in [-0.1, -0.05) is 89.5 Å². The second kappa shape index (κ2) is 5.33. The van der Waals surface area contributed by atoms with Gasteiger partial charge in [-0.25, -0.2) is 0 Å². The molecule has 1 aliphatic rings. The van der Waals surface area contributed by atoms with Gasteiger partial charge in [0.2, 0.25) is 0 Å². The number of ether oxygens (including phenoxy) is 1. The number of hydrogen-bond acceptors (Lipinski definition) is 1. The van der Waals surface area contributed by atoms with Crippen LogP contribution in [-0.4, -0.2) is 16.1 Å². The molecule has 3 heteroatoms. The first kappa shape index (κ1) is 17.5. The Hall–Kier alpha value is -1.33. The minimum Gasteiger partial charge on any atom is -0.457 e. The standard InChI is InChI=1S/C21H30OSi2/c1-21(2)15-11-9-13-17(23(3,4)5)19(15)22-20-16(21)12-10-14-18(20)24(6,7)8/h9-14H,1-8H3. The maximum absolute atomic E-state index is 6.70. The van der Waals surface area contributed by atoms with Crippen LogP contribution >= 0.6 is 0 Å². The fourth-order valence-corrected chi connectivity index (χ4v) is 6.63. The highest BCUT2D eigenvalue weighted by molar-refractivity contribution is 6.90. The van der Waals surface area contributed by atoms with Crippen molar-refractivity contribution in [3.8, 4) is 11.5 Å². The van der Waals surface area contributed by atoms with E-state index in [1.165, 1.54) is 21.5 Å². The van der Waals surface area contributed by atoms with Gasteiger partial charge in [-0.05, 0) is 10.4 Å². The predicted molar refractivity (Wildman–Crippen MR) is 111 cm³/mol. The summed E-state index contributed by atoms with van der Waals surface area (Å²) >= 11 is 0. The van der Waals surface area contributed by atoms with Crippen LogP contribution in [0.25, 0.3) is 0 Å². The maximum atomic E-state index is 6.70. The van der Waals surface area contributed by atoms with Crippen LogP contribution < -0.4 is 15.1 Å². The van der Waals surface area contributed by atoms with Gasteiger partial charge in [-0.2, -0.15) is 0 Å². The van der Waals surface area contributed by atoms with Crippen molar-refractivity contribution < 1.29 is 4.74 Å². The molecule has 0 bridgehead atoms. The van der Waals surface area contributed by atoms with Gasteiger partial charge in [0.1, 0.15) is 11.5 Å². The monoisotopic (exact) mass is 354 g/mol. The molecule has 0 spiro atoms. The Morgan fingerprint density at radius 3 is 1.38 bits per heavy atom. The number of para-hydroxylation sites is 2. The van der Waals surface area contributed by atoms with Gasteiger partial charge in [-0.15, -0.1) is 0 Å². The summed E-state index contributed by atoms with van der Waals surface area (Å²) in [6.45, 7) is 19.1. The van der Waals surface area contributed by atoms with Crippen LogP contribution in [-0.2, 0) is 5.41 Å². The van der Waals surface area contributed by atoms with Crippen molar-refractivity contribution in [3.63, 3.8) is 0 Å². The Morgan fingerprint density at radius 2 is 1.04 bits per heavy atom. The van der Waals surface area contributed by atoms with Crippen molar-refractivity contribution in [2.75, 3.05) is 0 Å². The molecule has 3 rings (SSSR count). The number of benzene rings is 2. The van der Waals surface area contributed by atoms with Crippen LogP contribution in [0.3, 0.4) is 0 Å². The lowest BCUT2D eigenvalue weighted by Crippen LogP contribution is -2.44. The summed E-state index contributed by atoms with van der Waals surface area (Å²) in [6.07, 6.45) is 0. The first-order valence-corrected chi connectivity index (χ1v) is 15.9. The van der Waals surface area contributed by atoms with E-state index in [-0.39, 0.29) is 5.41 Å². The molecule has 0 atom stereocenters. The fourth-order valence-electron chi connectivity index (χ4n) is 3.71. The molecule has 0 amide bonds. The largest absolute Gasteiger partial charge is 0.457 e. The van der Waals surface area contributed by atoms with Crippen molar-refractivity contribution in [2.24, 2.45) is 0 Å². The Bertz CT molecular complexity index is 727. The molecule has 0 saturated heterocycles. The lowest BCUT2D eigenvalue weighted by Gasteiger charge is -2.39. The van der Waals surface area contributed by atoms with Gasteiger partial charge in [-0.3, -0.25) is 0 Å². The molecule has 0 radical (unpaired) electrons. The van der Waals surface area contributed by atoms with E-state index in [1.54, 1.807) is 0 Å². The van der Waals surface area contributed by atoms with E-state index < -0.39 is 16.1 Å². The average molecular weight is 355 g/mol. The van der Waals surface area contributed by atoms with Gasteiger partial charge in [0.15, 0.2) is 0 Å². The van der Waals surface area contributed by atoms with Crippen LogP contribution in [0.2, 0.25) is 39.3 Å². The van der Waals surface area contributed by atoms with Crippen molar-refractivity contribution in [2.45, 2.75) is 58.5 Å². The number of hydrogen-bond donors (Lipinski definition) is 0. The fraction of sp³-hybridized carbons (Fsp3) is 0.429. The zero-order valence-corrected chi connectivity index (χ0v) is 18.4. The highest BCUT2D eigenvalue weighted by Gasteiger charge is 2.39. The molecule has 0 N–H and O–H groups in total. The Kier molecular flexibility index (Phi) is 3.89. The van der Waals surface area contributed by atoms with Crippen molar-refractivity contribution in [1.29, 1.82) is 0 Å². The molecule has 24 heavy (non-hydrogen) atoms. The van der Waals surface area contributed by atoms with Gasteiger partial charge in [0.25, 0.3) is 0 Å². The highest BCUT2D eigenvalue weighted by Crippen LogP contribution is 2.47. The summed E-state index contributed by atoms with van der Waals surface area (Å²) in [5, 5.41) is 2.87. The summed E-state index contributed by atoms with van der Waals surface area (Å²) in [6, 6.07) is 13.5. The van der Waals surface area contributed by atoms with E-state index >= 15 is 0 Å². The van der Waals surface area contributed by atoms with Crippen LogP contribution in [0, 0.1) is 0 Å². The first-order valence-electron chi connectivity index (χ1n) is 8.90. The first-order chi connectivity index (χ1) is 10.9. The summed E-state index contributed by atoms with van der Waals surface area (Å²) < 4.78 is 6.70. The minimum atomic E-state index is -1.47. The third-order valence-corrected chi connectivity index (χ3v) is 9.22. The average Bonchev–Trinajstić information content (AvgIpc) is 2.44. The van der Waals surface area contributed by atoms with Crippen molar-refractivity contribution in [1.82, 2.24) is 0 Å². The Labute approximate surface area is 149 Å². The summed E-state index contributed by atoms with van der Waals surface area (Å²) in [5.74, 6) is 2.28. The summed E-state index contributed by atoms with van der Waals surface area (Å²) in [5.41, 5.74) is 2.65. The molecule has 0 fully saturated rings. The number of fused-ring (bicyclic) bond motifs is 2. The van der Waals surface area contributed by atoms with Crippen LogP contribution in [0.5, 0.6) is 11.5 Å². The zero-order chi connectivity index (χ0) is 17.9. The molecular formula is C21H30OSi2. The molecule has 0 saturated carbocycles. The van der Waals surface area contributed by atoms with E-state index in [2.05, 4.69) is 89.5 Å². The molecule has 128 valence electrons. The van der Waals surface area contributed by atoms with Crippen LogP contribution in [0.4, 0.5) is 0 Å². The summed E-state index contributed by atoms with van der Waals surface area (Å²) in [4.78, 5) is 0. The van der Waals surface area contributed by atoms with Gasteiger partial charge < -0.3 is 4.74 Å². The lowest BCUT2D eigenvalue weighted by atomic mass is 9.76. The third-order valence-electron chi connectivity index (χ3n) is 5.20. The lowest BCUT2D eigenvalue weighted by molar-refractivity contribution is 0.424. The van der Waals surface area contributed by atoms with E-state index in [1.807, 2.05) is 0 Å². The molecule has 2 aromatic rings. The van der Waals surface area contributed by atoms with Crippen LogP contribution in [0.15, 0.2) is 36.4 Å². The molecule has 1 heterocycles.